The Kier molecular flexibility index (Phi) is 1.36. The molecule has 0 spiro atoms. The van der Waals surface area contributed by atoms with Gasteiger partial charge in [0.15, 0.2) is 0 Å². The van der Waals surface area contributed by atoms with Crippen molar-refractivity contribution in [1.82, 2.24) is 9.78 Å². The van der Waals surface area contributed by atoms with Gasteiger partial charge in [-0.1, -0.05) is 0 Å². The average Bonchev–Trinajstić information content (AvgIpc) is 2.17. The Hall–Kier alpha value is -1.50. The van der Waals surface area contributed by atoms with E-state index >= 15 is 0 Å². The maximum Gasteiger partial charge on any atom is 0.128 e. The second kappa shape index (κ2) is 2.18. The molecule has 4 nitrogen and oxygen atoms in total. The molecule has 0 aromatic carbocycles. The van der Waals surface area contributed by atoms with Crippen LogP contribution in [0.15, 0.2) is 12.4 Å². The molecule has 0 fully saturated rings. The zero-order chi connectivity index (χ0) is 6.69. The molecule has 1 rings (SSSR count). The molecule has 0 saturated heterocycles. The van der Waals surface area contributed by atoms with Gasteiger partial charge in [-0.25, -0.2) is 0 Å². The Morgan fingerprint density at radius 3 is 3.11 bits per heavy atom. The van der Waals surface area contributed by atoms with E-state index < -0.39 is 0 Å². The minimum absolute atomic E-state index is 0.261. The second-order valence-electron chi connectivity index (χ2n) is 1.63. The Morgan fingerprint density at radius 1 is 1.89 bits per heavy atom. The van der Waals surface area contributed by atoms with Crippen LogP contribution in [0.5, 0.6) is 0 Å². The van der Waals surface area contributed by atoms with Crippen LogP contribution in [0.3, 0.4) is 0 Å². The van der Waals surface area contributed by atoms with E-state index in [1.54, 1.807) is 6.20 Å². The van der Waals surface area contributed by atoms with E-state index in [4.69, 9.17) is 11.0 Å². The van der Waals surface area contributed by atoms with Crippen LogP contribution in [0, 0.1) is 11.3 Å². The molecule has 0 aliphatic carbocycles. The summed E-state index contributed by atoms with van der Waals surface area (Å²) in [5.41, 5.74) is 5.90. The summed E-state index contributed by atoms with van der Waals surface area (Å²) in [6.07, 6.45) is 3.13. The van der Waals surface area contributed by atoms with Crippen LogP contribution in [0.1, 0.15) is 0 Å². The van der Waals surface area contributed by atoms with E-state index in [0.717, 1.165) is 0 Å². The third-order valence-corrected chi connectivity index (χ3v) is 0.886. The first-order chi connectivity index (χ1) is 4.33. The molecule has 0 unspecified atom stereocenters. The molecular formula is C5H6N4. The number of anilines is 1. The minimum atomic E-state index is 0.261. The molecule has 0 aliphatic heterocycles. The monoisotopic (exact) mass is 122 g/mol. The molecule has 0 aliphatic rings. The van der Waals surface area contributed by atoms with Gasteiger partial charge < -0.3 is 5.73 Å². The van der Waals surface area contributed by atoms with E-state index in [9.17, 15) is 0 Å². The molecular weight excluding hydrogens is 116 g/mol. The molecule has 1 aromatic heterocycles. The molecule has 0 bridgehead atoms. The molecule has 9 heavy (non-hydrogen) atoms. The summed E-state index contributed by atoms with van der Waals surface area (Å²) in [5.74, 6) is 0. The summed E-state index contributed by atoms with van der Waals surface area (Å²) >= 11 is 0. The highest BCUT2D eigenvalue weighted by Gasteiger charge is 1.89. The normalized spacial score (nSPS) is 8.78. The predicted octanol–water partition coefficient (Wildman–Crippen LogP) is -0.0111. The van der Waals surface area contributed by atoms with Crippen molar-refractivity contribution >= 4 is 5.69 Å². The van der Waals surface area contributed by atoms with E-state index in [2.05, 4.69) is 5.10 Å². The lowest BCUT2D eigenvalue weighted by Crippen LogP contribution is -1.94. The van der Waals surface area contributed by atoms with Crippen LogP contribution in [-0.2, 0) is 6.54 Å². The predicted molar refractivity (Wildman–Crippen MR) is 32.3 cm³/mol. The number of nitrogens with two attached hydrogens (primary N) is 1. The fourth-order valence-electron chi connectivity index (χ4n) is 0.538. The minimum Gasteiger partial charge on any atom is -0.396 e. The molecule has 1 aromatic rings. The van der Waals surface area contributed by atoms with Crippen molar-refractivity contribution in [1.29, 1.82) is 5.26 Å². The van der Waals surface area contributed by atoms with E-state index in [-0.39, 0.29) is 6.54 Å². The van der Waals surface area contributed by atoms with Crippen LogP contribution in [-0.4, -0.2) is 9.78 Å². The Labute approximate surface area is 52.5 Å². The van der Waals surface area contributed by atoms with Gasteiger partial charge in [0.1, 0.15) is 6.54 Å². The largest absolute Gasteiger partial charge is 0.396 e. The molecule has 46 valence electrons. The van der Waals surface area contributed by atoms with Crippen LogP contribution in [0.25, 0.3) is 0 Å². The molecule has 1 heterocycles. The first kappa shape index (κ1) is 5.63. The van der Waals surface area contributed by atoms with Crippen molar-refractivity contribution in [2.75, 3.05) is 5.73 Å². The zero-order valence-electron chi connectivity index (χ0n) is 4.78. The van der Waals surface area contributed by atoms with E-state index in [1.165, 1.54) is 10.9 Å². The Balaban J connectivity index is 2.76. The van der Waals surface area contributed by atoms with Gasteiger partial charge in [-0.15, -0.1) is 0 Å². The lowest BCUT2D eigenvalue weighted by atomic mass is 10.6. The third-order valence-electron chi connectivity index (χ3n) is 0.886. The third kappa shape index (κ3) is 1.19. The highest BCUT2D eigenvalue weighted by molar-refractivity contribution is 5.30. The lowest BCUT2D eigenvalue weighted by molar-refractivity contribution is 0.710. The fourth-order valence-corrected chi connectivity index (χ4v) is 0.538. The molecule has 4 heteroatoms. The van der Waals surface area contributed by atoms with Crippen LogP contribution in [0.2, 0.25) is 0 Å². The van der Waals surface area contributed by atoms with Crippen molar-refractivity contribution in [3.63, 3.8) is 0 Å². The number of nitrogens with zero attached hydrogens (tertiary/aromatic N) is 3. The van der Waals surface area contributed by atoms with Gasteiger partial charge >= 0.3 is 0 Å². The van der Waals surface area contributed by atoms with E-state index in [1.807, 2.05) is 6.07 Å². The summed E-state index contributed by atoms with van der Waals surface area (Å²) in [4.78, 5) is 0. The summed E-state index contributed by atoms with van der Waals surface area (Å²) in [6, 6.07) is 1.94. The lowest BCUT2D eigenvalue weighted by Gasteiger charge is -1.86. The first-order valence-electron chi connectivity index (χ1n) is 2.48. The number of nitriles is 1. The van der Waals surface area contributed by atoms with Gasteiger partial charge in [0.05, 0.1) is 18.0 Å². The summed E-state index contributed by atoms with van der Waals surface area (Å²) < 4.78 is 1.48. The Morgan fingerprint density at radius 2 is 2.67 bits per heavy atom. The van der Waals surface area contributed by atoms with Crippen LogP contribution < -0.4 is 5.73 Å². The van der Waals surface area contributed by atoms with Gasteiger partial charge in [0, 0.05) is 6.20 Å². The first-order valence-corrected chi connectivity index (χ1v) is 2.48. The number of rotatable bonds is 1. The number of hydrogen-bond donors (Lipinski definition) is 1. The van der Waals surface area contributed by atoms with Gasteiger partial charge in [-0.05, 0) is 0 Å². The topological polar surface area (TPSA) is 67.6 Å². The van der Waals surface area contributed by atoms with Gasteiger partial charge in [-0.3, -0.25) is 4.68 Å². The summed E-state index contributed by atoms with van der Waals surface area (Å²) in [6.45, 7) is 0.261. The molecule has 0 saturated carbocycles. The maximum absolute atomic E-state index is 8.18. The SMILES string of the molecule is N#CCn1cc(N)cn1. The van der Waals surface area contributed by atoms with Gasteiger partial charge in [0.25, 0.3) is 0 Å². The quantitative estimate of drug-likeness (QED) is 0.569. The standard InChI is InChI=1S/C5H6N4/c6-1-2-9-4-5(7)3-8-9/h3-4H,2,7H2. The number of hydrogen-bond acceptors (Lipinski definition) is 3. The summed E-state index contributed by atoms with van der Waals surface area (Å²) in [5, 5.41) is 12.0. The van der Waals surface area contributed by atoms with Crippen molar-refractivity contribution in [2.24, 2.45) is 0 Å². The average molecular weight is 122 g/mol. The van der Waals surface area contributed by atoms with Gasteiger partial charge in [0.2, 0.25) is 0 Å². The smallest absolute Gasteiger partial charge is 0.128 e. The maximum atomic E-state index is 8.18. The van der Waals surface area contributed by atoms with Crippen molar-refractivity contribution in [2.45, 2.75) is 6.54 Å². The molecule has 0 radical (unpaired) electrons. The van der Waals surface area contributed by atoms with E-state index in [0.29, 0.717) is 5.69 Å². The molecule has 0 amide bonds. The van der Waals surface area contributed by atoms with Crippen LogP contribution in [0.4, 0.5) is 5.69 Å². The second-order valence-corrected chi connectivity index (χ2v) is 1.63. The highest BCUT2D eigenvalue weighted by atomic mass is 15.3. The number of nitrogen functional groups attached to an aromatic ring is 1. The highest BCUT2D eigenvalue weighted by Crippen LogP contribution is 1.95. The van der Waals surface area contributed by atoms with Crippen molar-refractivity contribution < 1.29 is 0 Å². The number of aromatic nitrogens is 2. The van der Waals surface area contributed by atoms with Crippen molar-refractivity contribution in [3.05, 3.63) is 12.4 Å². The Bertz CT molecular complexity index is 231. The fraction of sp³-hybridized carbons (Fsp3) is 0.200. The molecule has 2 N–H and O–H groups in total. The van der Waals surface area contributed by atoms with Gasteiger partial charge in [-0.2, -0.15) is 10.4 Å². The summed E-state index contributed by atoms with van der Waals surface area (Å²) in [7, 11) is 0. The van der Waals surface area contributed by atoms with Crippen LogP contribution >= 0.6 is 0 Å². The van der Waals surface area contributed by atoms with Crippen molar-refractivity contribution in [3.8, 4) is 6.07 Å². The zero-order valence-corrected chi connectivity index (χ0v) is 4.78. The molecule has 0 atom stereocenters.